The standard InChI is InChI=1S/C14H16ClFN2/c15-13-1-2-14(16)12(9-13)10-18-7-4-11(3-6-17)5-8-18/h1-2,9,11H,3-5,7-8,10H2. The lowest BCUT2D eigenvalue weighted by molar-refractivity contribution is 0.177. The van der Waals surface area contributed by atoms with Crippen LogP contribution in [0.4, 0.5) is 4.39 Å². The van der Waals surface area contributed by atoms with Crippen LogP contribution in [0.15, 0.2) is 18.2 Å². The van der Waals surface area contributed by atoms with Gasteiger partial charge in [0.15, 0.2) is 0 Å². The number of hydrogen-bond acceptors (Lipinski definition) is 2. The third-order valence-electron chi connectivity index (χ3n) is 3.49. The fourth-order valence-corrected chi connectivity index (χ4v) is 2.58. The van der Waals surface area contributed by atoms with E-state index in [2.05, 4.69) is 11.0 Å². The second-order valence-corrected chi connectivity index (χ2v) is 5.25. The van der Waals surface area contributed by atoms with Crippen LogP contribution in [0, 0.1) is 23.1 Å². The van der Waals surface area contributed by atoms with Crippen LogP contribution in [0.5, 0.6) is 0 Å². The molecule has 0 radical (unpaired) electrons. The first-order valence-corrected chi connectivity index (χ1v) is 6.60. The van der Waals surface area contributed by atoms with Crippen LogP contribution >= 0.6 is 11.6 Å². The number of nitrogens with zero attached hydrogens (tertiary/aromatic N) is 2. The molecule has 0 amide bonds. The van der Waals surface area contributed by atoms with E-state index in [1.54, 1.807) is 12.1 Å². The Morgan fingerprint density at radius 2 is 2.11 bits per heavy atom. The predicted octanol–water partition coefficient (Wildman–Crippen LogP) is 3.60. The highest BCUT2D eigenvalue weighted by molar-refractivity contribution is 6.30. The first-order chi connectivity index (χ1) is 8.69. The van der Waals surface area contributed by atoms with Gasteiger partial charge in [-0.15, -0.1) is 0 Å². The van der Waals surface area contributed by atoms with Gasteiger partial charge in [0.25, 0.3) is 0 Å². The molecule has 1 aliphatic heterocycles. The van der Waals surface area contributed by atoms with E-state index < -0.39 is 0 Å². The number of likely N-dealkylation sites (tertiary alicyclic amines) is 1. The van der Waals surface area contributed by atoms with Crippen molar-refractivity contribution in [3.8, 4) is 6.07 Å². The van der Waals surface area contributed by atoms with Gasteiger partial charge in [-0.3, -0.25) is 4.90 Å². The highest BCUT2D eigenvalue weighted by Gasteiger charge is 2.19. The number of hydrogen-bond donors (Lipinski definition) is 0. The molecule has 0 bridgehead atoms. The molecule has 0 aromatic heterocycles. The molecule has 2 nitrogen and oxygen atoms in total. The first-order valence-electron chi connectivity index (χ1n) is 6.22. The monoisotopic (exact) mass is 266 g/mol. The van der Waals surface area contributed by atoms with Crippen molar-refractivity contribution in [1.82, 2.24) is 4.90 Å². The fraction of sp³-hybridized carbons (Fsp3) is 0.500. The molecule has 1 aromatic carbocycles. The smallest absolute Gasteiger partial charge is 0.127 e. The Kier molecular flexibility index (Phi) is 4.57. The van der Waals surface area contributed by atoms with Gasteiger partial charge in [0.05, 0.1) is 6.07 Å². The molecule has 0 atom stereocenters. The van der Waals surface area contributed by atoms with Gasteiger partial charge in [-0.05, 0) is 50.0 Å². The van der Waals surface area contributed by atoms with Gasteiger partial charge < -0.3 is 0 Å². The van der Waals surface area contributed by atoms with E-state index in [0.29, 0.717) is 29.5 Å². The van der Waals surface area contributed by atoms with E-state index in [4.69, 9.17) is 16.9 Å². The summed E-state index contributed by atoms with van der Waals surface area (Å²) in [6, 6.07) is 6.90. The predicted molar refractivity (Wildman–Crippen MR) is 69.6 cm³/mol. The molecule has 96 valence electrons. The van der Waals surface area contributed by atoms with Crippen molar-refractivity contribution in [2.75, 3.05) is 13.1 Å². The van der Waals surface area contributed by atoms with Gasteiger partial charge >= 0.3 is 0 Å². The van der Waals surface area contributed by atoms with E-state index in [-0.39, 0.29) is 5.82 Å². The lowest BCUT2D eigenvalue weighted by Crippen LogP contribution is -2.33. The summed E-state index contributed by atoms with van der Waals surface area (Å²) < 4.78 is 13.6. The largest absolute Gasteiger partial charge is 0.299 e. The van der Waals surface area contributed by atoms with Crippen LogP contribution in [-0.2, 0) is 6.54 Å². The summed E-state index contributed by atoms with van der Waals surface area (Å²) in [7, 11) is 0. The highest BCUT2D eigenvalue weighted by atomic mass is 35.5. The average molecular weight is 267 g/mol. The van der Waals surface area contributed by atoms with Gasteiger partial charge in [-0.25, -0.2) is 4.39 Å². The molecule has 4 heteroatoms. The maximum absolute atomic E-state index is 13.6. The Labute approximate surface area is 112 Å². The Bertz CT molecular complexity index is 448. The van der Waals surface area contributed by atoms with Crippen molar-refractivity contribution in [1.29, 1.82) is 5.26 Å². The molecule has 0 N–H and O–H groups in total. The number of halogens is 2. The summed E-state index contributed by atoms with van der Waals surface area (Å²) in [6.07, 6.45) is 2.69. The zero-order valence-electron chi connectivity index (χ0n) is 10.2. The van der Waals surface area contributed by atoms with E-state index in [9.17, 15) is 4.39 Å². The third kappa shape index (κ3) is 3.44. The molecular weight excluding hydrogens is 251 g/mol. The molecular formula is C14H16ClFN2. The molecule has 0 unspecified atom stereocenters. The Hall–Kier alpha value is -1.11. The third-order valence-corrected chi connectivity index (χ3v) is 3.72. The van der Waals surface area contributed by atoms with E-state index >= 15 is 0 Å². The minimum Gasteiger partial charge on any atom is -0.299 e. The quantitative estimate of drug-likeness (QED) is 0.836. The Morgan fingerprint density at radius 1 is 1.39 bits per heavy atom. The molecule has 1 aromatic rings. The normalized spacial score (nSPS) is 17.6. The zero-order valence-corrected chi connectivity index (χ0v) is 11.0. The second-order valence-electron chi connectivity index (χ2n) is 4.82. The van der Waals surface area contributed by atoms with Gasteiger partial charge in [-0.1, -0.05) is 11.6 Å². The highest BCUT2D eigenvalue weighted by Crippen LogP contribution is 2.23. The Balaban J connectivity index is 1.92. The van der Waals surface area contributed by atoms with Crippen LogP contribution in [-0.4, -0.2) is 18.0 Å². The lowest BCUT2D eigenvalue weighted by atomic mass is 9.94. The zero-order chi connectivity index (χ0) is 13.0. The summed E-state index contributed by atoms with van der Waals surface area (Å²) in [4.78, 5) is 2.22. The molecule has 1 heterocycles. The van der Waals surface area contributed by atoms with Gasteiger partial charge in [0, 0.05) is 23.6 Å². The fourth-order valence-electron chi connectivity index (χ4n) is 2.38. The molecule has 1 fully saturated rings. The minimum atomic E-state index is -0.196. The van der Waals surface area contributed by atoms with Gasteiger partial charge in [0.2, 0.25) is 0 Å². The van der Waals surface area contributed by atoms with Crippen LogP contribution in [0.1, 0.15) is 24.8 Å². The average Bonchev–Trinajstić information content (AvgIpc) is 2.37. The maximum atomic E-state index is 13.6. The summed E-state index contributed by atoms with van der Waals surface area (Å²) in [6.45, 7) is 2.46. The Morgan fingerprint density at radius 3 is 2.78 bits per heavy atom. The van der Waals surface area contributed by atoms with Crippen molar-refractivity contribution >= 4 is 11.6 Å². The second kappa shape index (κ2) is 6.17. The summed E-state index contributed by atoms with van der Waals surface area (Å²) >= 11 is 5.88. The van der Waals surface area contributed by atoms with E-state index in [0.717, 1.165) is 25.9 Å². The van der Waals surface area contributed by atoms with E-state index in [1.165, 1.54) is 6.07 Å². The van der Waals surface area contributed by atoms with Crippen molar-refractivity contribution < 1.29 is 4.39 Å². The van der Waals surface area contributed by atoms with Gasteiger partial charge in [0.1, 0.15) is 5.82 Å². The van der Waals surface area contributed by atoms with E-state index in [1.807, 2.05) is 0 Å². The molecule has 0 aliphatic carbocycles. The van der Waals surface area contributed by atoms with Crippen molar-refractivity contribution in [3.63, 3.8) is 0 Å². The summed E-state index contributed by atoms with van der Waals surface area (Å²) in [5.41, 5.74) is 0.654. The number of nitriles is 1. The number of benzene rings is 1. The lowest BCUT2D eigenvalue weighted by Gasteiger charge is -2.31. The van der Waals surface area contributed by atoms with Crippen molar-refractivity contribution in [2.24, 2.45) is 5.92 Å². The number of piperidine rings is 1. The minimum absolute atomic E-state index is 0.196. The number of rotatable bonds is 3. The SMILES string of the molecule is N#CCC1CCN(Cc2cc(Cl)ccc2F)CC1. The molecule has 18 heavy (non-hydrogen) atoms. The maximum Gasteiger partial charge on any atom is 0.127 e. The topological polar surface area (TPSA) is 27.0 Å². The molecule has 1 saturated heterocycles. The van der Waals surface area contributed by atoms with Crippen LogP contribution in [0.25, 0.3) is 0 Å². The summed E-state index contributed by atoms with van der Waals surface area (Å²) in [5.74, 6) is 0.314. The molecule has 0 spiro atoms. The van der Waals surface area contributed by atoms with Crippen LogP contribution in [0.2, 0.25) is 5.02 Å². The summed E-state index contributed by atoms with van der Waals surface area (Å²) in [5, 5.41) is 9.23. The van der Waals surface area contributed by atoms with Gasteiger partial charge in [-0.2, -0.15) is 5.26 Å². The molecule has 0 saturated carbocycles. The van der Waals surface area contributed by atoms with Crippen molar-refractivity contribution in [3.05, 3.63) is 34.6 Å². The molecule has 2 rings (SSSR count). The van der Waals surface area contributed by atoms with Crippen LogP contribution in [0.3, 0.4) is 0 Å². The van der Waals surface area contributed by atoms with Crippen molar-refractivity contribution in [2.45, 2.75) is 25.8 Å². The first kappa shape index (κ1) is 13.3. The van der Waals surface area contributed by atoms with Crippen LogP contribution < -0.4 is 0 Å². The molecule has 1 aliphatic rings.